The number of hydrogen-bond donors (Lipinski definition) is 1. The summed E-state index contributed by atoms with van der Waals surface area (Å²) in [6.45, 7) is 15.1. The zero-order chi connectivity index (χ0) is 22.3. The largest absolute Gasteiger partial charge is 0.507 e. The highest BCUT2D eigenvalue weighted by Gasteiger charge is 2.43. The van der Waals surface area contributed by atoms with Crippen molar-refractivity contribution >= 4 is 27.8 Å². The van der Waals surface area contributed by atoms with Crippen LogP contribution in [0.4, 0.5) is 0 Å². The number of ketones is 1. The normalized spacial score (nSPS) is 20.9. The zero-order valence-corrected chi connectivity index (χ0v) is 20.7. The van der Waals surface area contributed by atoms with Crippen LogP contribution in [0.15, 0.2) is 16.2 Å². The summed E-state index contributed by atoms with van der Waals surface area (Å²) in [4.78, 5) is 15.5. The second-order valence-electron chi connectivity index (χ2n) is 11.0. The molecule has 6 heteroatoms. The molecular weight excluding hydrogens is 444 g/mol. The third-order valence-electron chi connectivity index (χ3n) is 6.46. The van der Waals surface area contributed by atoms with Crippen LogP contribution < -0.4 is 0 Å². The van der Waals surface area contributed by atoms with Gasteiger partial charge in [0.1, 0.15) is 11.6 Å². The third-order valence-corrected chi connectivity index (χ3v) is 6.87. The van der Waals surface area contributed by atoms with Crippen LogP contribution >= 0.6 is 16.1 Å². The van der Waals surface area contributed by atoms with E-state index in [1.54, 1.807) is 0 Å². The van der Waals surface area contributed by atoms with E-state index in [-0.39, 0.29) is 22.0 Å². The molecule has 2 aliphatic rings. The van der Waals surface area contributed by atoms with Gasteiger partial charge in [0.15, 0.2) is 5.78 Å². The van der Waals surface area contributed by atoms with Crippen molar-refractivity contribution in [2.75, 3.05) is 26.3 Å². The lowest BCUT2D eigenvalue weighted by atomic mass is 9.78. The molecule has 0 radical (unpaired) electrons. The number of carbonyl (C=O) groups is 1. The van der Waals surface area contributed by atoms with Crippen molar-refractivity contribution in [1.29, 1.82) is 0 Å². The summed E-state index contributed by atoms with van der Waals surface area (Å²) in [5.41, 5.74) is 1.92. The Morgan fingerprint density at radius 1 is 1.13 bits per heavy atom. The number of halogens is 1. The minimum atomic E-state index is -0.261. The molecule has 1 aromatic rings. The summed E-state index contributed by atoms with van der Waals surface area (Å²) >= 11 is 3.27. The number of rotatable bonds is 3. The molecule has 2 saturated heterocycles. The molecule has 5 nitrogen and oxygen atoms in total. The quantitative estimate of drug-likeness (QED) is 0.592. The van der Waals surface area contributed by atoms with Gasteiger partial charge in [-0.05, 0) is 41.2 Å². The average Bonchev–Trinajstić information content (AvgIpc) is 2.97. The maximum atomic E-state index is 13.4. The van der Waals surface area contributed by atoms with E-state index in [1.165, 1.54) is 0 Å². The Morgan fingerprint density at radius 3 is 2.13 bits per heavy atom. The van der Waals surface area contributed by atoms with Gasteiger partial charge in [0, 0.05) is 42.9 Å². The standard InChI is InChI=1S/C24H35BrN2O3/c1-22(2,3)17-11-16(12-18(21(17)29)23(4,5)6)19(28)14-27-15-24(13-20(27)26-25)7-9-30-10-8-24/h11-12,29H,7-10,13-15H2,1-6H3. The molecule has 0 aromatic heterocycles. The first-order chi connectivity index (χ1) is 13.9. The molecule has 30 heavy (non-hydrogen) atoms. The van der Waals surface area contributed by atoms with E-state index in [0.29, 0.717) is 17.9 Å². The molecule has 0 aliphatic carbocycles. The third kappa shape index (κ3) is 4.75. The van der Waals surface area contributed by atoms with E-state index in [2.05, 4.69) is 66.6 Å². The molecule has 1 N–H and O–H groups in total. The first kappa shape index (κ1) is 23.3. The summed E-state index contributed by atoms with van der Waals surface area (Å²) in [5.74, 6) is 1.30. The second-order valence-corrected chi connectivity index (χ2v) is 11.3. The number of phenolic OH excluding ortho intramolecular Hbond substituents is 1. The van der Waals surface area contributed by atoms with Crippen molar-refractivity contribution in [3.63, 3.8) is 0 Å². The van der Waals surface area contributed by atoms with Crippen LogP contribution in [0.5, 0.6) is 5.75 Å². The van der Waals surface area contributed by atoms with Crippen LogP contribution in [-0.4, -0.2) is 47.9 Å². The van der Waals surface area contributed by atoms with Crippen LogP contribution in [0.25, 0.3) is 0 Å². The molecule has 0 atom stereocenters. The monoisotopic (exact) mass is 478 g/mol. The van der Waals surface area contributed by atoms with Crippen molar-refractivity contribution in [1.82, 2.24) is 4.90 Å². The molecule has 0 saturated carbocycles. The molecule has 1 spiro atoms. The number of hydrogen-bond acceptors (Lipinski definition) is 4. The first-order valence-corrected chi connectivity index (χ1v) is 11.5. The van der Waals surface area contributed by atoms with Gasteiger partial charge in [-0.15, -0.1) is 0 Å². The fourth-order valence-electron chi connectivity index (χ4n) is 4.57. The summed E-state index contributed by atoms with van der Waals surface area (Å²) in [7, 11) is 0. The molecule has 2 aliphatic heterocycles. The van der Waals surface area contributed by atoms with Crippen molar-refractivity contribution in [3.8, 4) is 5.75 Å². The number of aromatic hydroxyl groups is 1. The lowest BCUT2D eigenvalue weighted by Crippen LogP contribution is -2.35. The number of nitrogens with zero attached hydrogens (tertiary/aromatic N) is 2. The smallest absolute Gasteiger partial charge is 0.182 e. The van der Waals surface area contributed by atoms with Crippen molar-refractivity contribution in [2.45, 2.75) is 71.6 Å². The molecule has 1 aromatic carbocycles. The Bertz CT molecular complexity index is 808. The lowest BCUT2D eigenvalue weighted by molar-refractivity contribution is 0.0197. The number of likely N-dealkylation sites (tertiary alicyclic amines) is 1. The Labute approximate surface area is 189 Å². The number of carbonyl (C=O) groups excluding carboxylic acids is 1. The molecule has 3 rings (SSSR count). The molecule has 0 bridgehead atoms. The Hall–Kier alpha value is -1.40. The summed E-state index contributed by atoms with van der Waals surface area (Å²) in [6, 6.07) is 3.75. The SMILES string of the molecule is CC(C)(C)c1cc(C(=O)CN2CC3(CCOCC3)CC2=NBr)cc(C(C)(C)C)c1O. The summed E-state index contributed by atoms with van der Waals surface area (Å²) < 4.78 is 9.87. The molecular formula is C24H35BrN2O3. The Morgan fingerprint density at radius 2 is 1.67 bits per heavy atom. The number of phenols is 1. The Balaban J connectivity index is 1.91. The first-order valence-electron chi connectivity index (χ1n) is 10.8. The fraction of sp³-hybridized carbons (Fsp3) is 0.667. The second kappa shape index (κ2) is 8.27. The van der Waals surface area contributed by atoms with Crippen LogP contribution in [0.1, 0.15) is 82.3 Å². The summed E-state index contributed by atoms with van der Waals surface area (Å²) in [6.07, 6.45) is 2.89. The van der Waals surface area contributed by atoms with Gasteiger partial charge >= 0.3 is 0 Å². The van der Waals surface area contributed by atoms with Crippen LogP contribution in [0.3, 0.4) is 0 Å². The predicted octanol–water partition coefficient (Wildman–Crippen LogP) is 5.38. The van der Waals surface area contributed by atoms with Crippen LogP contribution in [0.2, 0.25) is 0 Å². The van der Waals surface area contributed by atoms with Gasteiger partial charge in [0.05, 0.1) is 22.7 Å². The molecule has 2 fully saturated rings. The predicted molar refractivity (Wildman–Crippen MR) is 125 cm³/mol. The minimum Gasteiger partial charge on any atom is -0.507 e. The van der Waals surface area contributed by atoms with E-state index < -0.39 is 0 Å². The minimum absolute atomic E-state index is 0.0590. The highest BCUT2D eigenvalue weighted by molar-refractivity contribution is 9.08. The van der Waals surface area contributed by atoms with Gasteiger partial charge < -0.3 is 14.7 Å². The number of Topliss-reactive ketones (excluding diaryl/α,β-unsaturated/α-hetero) is 1. The van der Waals surface area contributed by atoms with E-state index in [9.17, 15) is 9.90 Å². The highest BCUT2D eigenvalue weighted by atomic mass is 79.9. The summed E-state index contributed by atoms with van der Waals surface area (Å²) in [5, 5.41) is 10.9. The maximum absolute atomic E-state index is 13.4. The number of ether oxygens (including phenoxy) is 1. The molecule has 2 heterocycles. The van der Waals surface area contributed by atoms with Crippen molar-refractivity contribution in [3.05, 3.63) is 28.8 Å². The number of amidine groups is 1. The van der Waals surface area contributed by atoms with Crippen molar-refractivity contribution in [2.24, 2.45) is 9.43 Å². The van der Waals surface area contributed by atoms with Crippen LogP contribution in [0, 0.1) is 5.41 Å². The molecule has 0 unspecified atom stereocenters. The van der Waals surface area contributed by atoms with E-state index >= 15 is 0 Å². The lowest BCUT2D eigenvalue weighted by Gasteiger charge is -2.32. The van der Waals surface area contributed by atoms with Gasteiger partial charge in [-0.3, -0.25) is 4.79 Å². The average molecular weight is 479 g/mol. The van der Waals surface area contributed by atoms with Gasteiger partial charge in [-0.25, -0.2) is 0 Å². The molecule has 0 amide bonds. The van der Waals surface area contributed by atoms with E-state index in [1.807, 2.05) is 12.1 Å². The molecule has 166 valence electrons. The number of benzene rings is 1. The fourth-order valence-corrected chi connectivity index (χ4v) is 4.92. The van der Waals surface area contributed by atoms with Gasteiger partial charge in [-0.2, -0.15) is 4.02 Å². The topological polar surface area (TPSA) is 62.1 Å². The highest BCUT2D eigenvalue weighted by Crippen LogP contribution is 2.42. The Kier molecular flexibility index (Phi) is 6.41. The van der Waals surface area contributed by atoms with Gasteiger partial charge in [0.25, 0.3) is 0 Å². The van der Waals surface area contributed by atoms with Gasteiger partial charge in [0.2, 0.25) is 0 Å². The van der Waals surface area contributed by atoms with Crippen molar-refractivity contribution < 1.29 is 14.6 Å². The van der Waals surface area contributed by atoms with Gasteiger partial charge in [-0.1, -0.05) is 41.5 Å². The van der Waals surface area contributed by atoms with Crippen LogP contribution in [-0.2, 0) is 15.6 Å². The zero-order valence-electron chi connectivity index (χ0n) is 19.1. The maximum Gasteiger partial charge on any atom is 0.182 e. The van der Waals surface area contributed by atoms with E-state index in [0.717, 1.165) is 56.0 Å². The van der Waals surface area contributed by atoms with E-state index in [4.69, 9.17) is 4.74 Å².